The number of carbonyl (C=O) groups excluding carboxylic acids is 1. The van der Waals surface area contributed by atoms with Crippen molar-refractivity contribution >= 4 is 23.3 Å². The van der Waals surface area contributed by atoms with Gasteiger partial charge in [0.2, 0.25) is 5.91 Å². The minimum absolute atomic E-state index is 0.00169. The standard InChI is InChI=1S/C18H18FN3OS/c19-15-6-4-14(5-7-15)11-20-18(23)8-10-24-13-16-12-22-9-2-1-3-17(22)21-16/h1-7,9,12H,8,10-11,13H2,(H,20,23). The molecule has 4 nitrogen and oxygen atoms in total. The van der Waals surface area contributed by atoms with Crippen molar-refractivity contribution in [1.29, 1.82) is 0 Å². The molecule has 0 aliphatic rings. The first-order chi connectivity index (χ1) is 11.7. The maximum Gasteiger partial charge on any atom is 0.221 e. The number of pyridine rings is 1. The molecule has 24 heavy (non-hydrogen) atoms. The van der Waals surface area contributed by atoms with Crippen molar-refractivity contribution < 1.29 is 9.18 Å². The summed E-state index contributed by atoms with van der Waals surface area (Å²) in [6.45, 7) is 0.427. The lowest BCUT2D eigenvalue weighted by atomic mass is 10.2. The van der Waals surface area contributed by atoms with Crippen LogP contribution < -0.4 is 5.32 Å². The van der Waals surface area contributed by atoms with Crippen LogP contribution in [0.15, 0.2) is 54.9 Å². The third-order valence-corrected chi connectivity index (χ3v) is 4.53. The highest BCUT2D eigenvalue weighted by atomic mass is 32.2. The second kappa shape index (κ2) is 7.97. The zero-order chi connectivity index (χ0) is 16.8. The summed E-state index contributed by atoms with van der Waals surface area (Å²) in [7, 11) is 0. The molecule has 0 saturated heterocycles. The van der Waals surface area contributed by atoms with Crippen LogP contribution in [0, 0.1) is 5.82 Å². The number of nitrogens with one attached hydrogen (secondary N) is 1. The van der Waals surface area contributed by atoms with Crippen molar-refractivity contribution in [2.45, 2.75) is 18.7 Å². The molecule has 3 rings (SSSR count). The van der Waals surface area contributed by atoms with Gasteiger partial charge in [0.25, 0.3) is 0 Å². The summed E-state index contributed by atoms with van der Waals surface area (Å²) in [6, 6.07) is 12.0. The van der Waals surface area contributed by atoms with Gasteiger partial charge in [-0.15, -0.1) is 0 Å². The Bertz CT molecular complexity index is 784. The maximum absolute atomic E-state index is 12.8. The molecule has 0 radical (unpaired) electrons. The van der Waals surface area contributed by atoms with E-state index in [0.717, 1.165) is 28.4 Å². The number of carbonyl (C=O) groups is 1. The minimum atomic E-state index is -0.270. The largest absolute Gasteiger partial charge is 0.352 e. The summed E-state index contributed by atoms with van der Waals surface area (Å²) < 4.78 is 14.8. The maximum atomic E-state index is 12.8. The van der Waals surface area contributed by atoms with Crippen molar-refractivity contribution in [2.24, 2.45) is 0 Å². The Labute approximate surface area is 144 Å². The summed E-state index contributed by atoms with van der Waals surface area (Å²) in [5, 5.41) is 2.84. The predicted molar refractivity (Wildman–Crippen MR) is 94.2 cm³/mol. The first kappa shape index (κ1) is 16.5. The first-order valence-corrected chi connectivity index (χ1v) is 8.88. The number of hydrogen-bond acceptors (Lipinski definition) is 3. The minimum Gasteiger partial charge on any atom is -0.352 e. The van der Waals surface area contributed by atoms with Crippen molar-refractivity contribution in [2.75, 3.05) is 5.75 Å². The number of thioether (sulfide) groups is 1. The number of nitrogens with zero attached hydrogens (tertiary/aromatic N) is 2. The second-order valence-corrected chi connectivity index (χ2v) is 6.51. The highest BCUT2D eigenvalue weighted by Gasteiger charge is 2.04. The number of hydrogen-bond donors (Lipinski definition) is 1. The van der Waals surface area contributed by atoms with Gasteiger partial charge in [-0.2, -0.15) is 11.8 Å². The van der Waals surface area contributed by atoms with Crippen LogP contribution >= 0.6 is 11.8 Å². The number of fused-ring (bicyclic) bond motifs is 1. The van der Waals surface area contributed by atoms with Crippen molar-refractivity contribution in [3.05, 3.63) is 71.9 Å². The number of rotatable bonds is 7. The van der Waals surface area contributed by atoms with Gasteiger partial charge in [0.05, 0.1) is 5.69 Å². The SMILES string of the molecule is O=C(CCSCc1cn2ccccc2n1)NCc1ccc(F)cc1. The highest BCUT2D eigenvalue weighted by molar-refractivity contribution is 7.98. The smallest absolute Gasteiger partial charge is 0.221 e. The van der Waals surface area contributed by atoms with E-state index in [9.17, 15) is 9.18 Å². The average molecular weight is 343 g/mol. The fourth-order valence-electron chi connectivity index (χ4n) is 2.29. The Hall–Kier alpha value is -2.34. The molecule has 0 aliphatic heterocycles. The van der Waals surface area contributed by atoms with E-state index < -0.39 is 0 Å². The Morgan fingerprint density at radius 3 is 2.83 bits per heavy atom. The molecule has 6 heteroatoms. The van der Waals surface area contributed by atoms with Gasteiger partial charge >= 0.3 is 0 Å². The van der Waals surface area contributed by atoms with Crippen molar-refractivity contribution in [3.8, 4) is 0 Å². The van der Waals surface area contributed by atoms with E-state index in [1.807, 2.05) is 35.0 Å². The molecule has 0 aliphatic carbocycles. The molecule has 0 fully saturated rings. The van der Waals surface area contributed by atoms with Crippen LogP contribution in [0.4, 0.5) is 4.39 Å². The van der Waals surface area contributed by atoms with Gasteiger partial charge in [0, 0.05) is 36.9 Å². The van der Waals surface area contributed by atoms with Gasteiger partial charge in [-0.25, -0.2) is 9.37 Å². The molecular weight excluding hydrogens is 325 g/mol. The van der Waals surface area contributed by atoms with Gasteiger partial charge in [-0.3, -0.25) is 4.79 Å². The number of imidazole rings is 1. The Kier molecular flexibility index (Phi) is 5.48. The normalized spacial score (nSPS) is 10.9. The number of halogens is 1. The van der Waals surface area contributed by atoms with E-state index in [1.165, 1.54) is 12.1 Å². The number of amides is 1. The predicted octanol–water partition coefficient (Wildman–Crippen LogP) is 3.41. The molecule has 1 N–H and O–H groups in total. The molecule has 124 valence electrons. The van der Waals surface area contributed by atoms with Crippen LogP contribution in [0.3, 0.4) is 0 Å². The molecule has 0 atom stereocenters. The lowest BCUT2D eigenvalue weighted by Crippen LogP contribution is -2.23. The van der Waals surface area contributed by atoms with Gasteiger partial charge in [-0.05, 0) is 29.8 Å². The molecular formula is C18H18FN3OS. The summed E-state index contributed by atoms with van der Waals surface area (Å²) in [5.41, 5.74) is 2.84. The zero-order valence-corrected chi connectivity index (χ0v) is 13.9. The molecule has 1 amide bonds. The molecule has 2 heterocycles. The number of benzene rings is 1. The first-order valence-electron chi connectivity index (χ1n) is 7.72. The summed E-state index contributed by atoms with van der Waals surface area (Å²) >= 11 is 1.69. The highest BCUT2D eigenvalue weighted by Crippen LogP contribution is 2.13. The topological polar surface area (TPSA) is 46.4 Å². The molecule has 1 aromatic carbocycles. The molecule has 0 unspecified atom stereocenters. The van der Waals surface area contributed by atoms with Crippen LogP contribution in [0.25, 0.3) is 5.65 Å². The zero-order valence-electron chi connectivity index (χ0n) is 13.1. The average Bonchev–Trinajstić information content (AvgIpc) is 3.01. The quantitative estimate of drug-likeness (QED) is 0.669. The van der Waals surface area contributed by atoms with Crippen LogP contribution in [-0.2, 0) is 17.1 Å². The Morgan fingerprint density at radius 2 is 2.04 bits per heavy atom. The van der Waals surface area contributed by atoms with E-state index in [-0.39, 0.29) is 11.7 Å². The lowest BCUT2D eigenvalue weighted by molar-refractivity contribution is -0.120. The monoisotopic (exact) mass is 343 g/mol. The second-order valence-electron chi connectivity index (χ2n) is 5.40. The fraction of sp³-hybridized carbons (Fsp3) is 0.222. The van der Waals surface area contributed by atoms with E-state index >= 15 is 0 Å². The van der Waals surface area contributed by atoms with Gasteiger partial charge in [0.15, 0.2) is 0 Å². The fourth-order valence-corrected chi connectivity index (χ4v) is 3.11. The van der Waals surface area contributed by atoms with E-state index in [2.05, 4.69) is 10.3 Å². The van der Waals surface area contributed by atoms with Gasteiger partial charge in [0.1, 0.15) is 11.5 Å². The summed E-state index contributed by atoms with van der Waals surface area (Å²) in [4.78, 5) is 16.3. The van der Waals surface area contributed by atoms with Gasteiger partial charge < -0.3 is 9.72 Å². The molecule has 0 spiro atoms. The Morgan fingerprint density at radius 1 is 1.21 bits per heavy atom. The molecule has 3 aromatic rings. The molecule has 0 bridgehead atoms. The number of aromatic nitrogens is 2. The van der Waals surface area contributed by atoms with E-state index in [0.29, 0.717) is 13.0 Å². The van der Waals surface area contributed by atoms with E-state index in [4.69, 9.17) is 0 Å². The van der Waals surface area contributed by atoms with Crippen molar-refractivity contribution in [1.82, 2.24) is 14.7 Å². The van der Waals surface area contributed by atoms with Crippen LogP contribution in [0.1, 0.15) is 17.7 Å². The lowest BCUT2D eigenvalue weighted by Gasteiger charge is -2.05. The van der Waals surface area contributed by atoms with Crippen LogP contribution in [-0.4, -0.2) is 21.0 Å². The van der Waals surface area contributed by atoms with E-state index in [1.54, 1.807) is 23.9 Å². The molecule has 2 aromatic heterocycles. The summed E-state index contributed by atoms with van der Waals surface area (Å²) in [6.07, 6.45) is 4.44. The van der Waals surface area contributed by atoms with Gasteiger partial charge in [-0.1, -0.05) is 18.2 Å². The third-order valence-electron chi connectivity index (χ3n) is 3.54. The van der Waals surface area contributed by atoms with Crippen LogP contribution in [0.5, 0.6) is 0 Å². The van der Waals surface area contributed by atoms with Crippen LogP contribution in [0.2, 0.25) is 0 Å². The third kappa shape index (κ3) is 4.58. The van der Waals surface area contributed by atoms with Crippen molar-refractivity contribution in [3.63, 3.8) is 0 Å². The Balaban J connectivity index is 1.36. The summed E-state index contributed by atoms with van der Waals surface area (Å²) in [5.74, 6) is 1.26. The molecule has 0 saturated carbocycles.